The van der Waals surface area contributed by atoms with Gasteiger partial charge in [0.1, 0.15) is 0 Å². The van der Waals surface area contributed by atoms with Gasteiger partial charge in [-0.2, -0.15) is 0 Å². The summed E-state index contributed by atoms with van der Waals surface area (Å²) in [5, 5.41) is 8.92. The van der Waals surface area contributed by atoms with E-state index in [-0.39, 0.29) is 5.91 Å². The lowest BCUT2D eigenvalue weighted by Crippen LogP contribution is -2.34. The Hall–Kier alpha value is -2.87. The zero-order valence-corrected chi connectivity index (χ0v) is 13.9. The third-order valence-corrected chi connectivity index (χ3v) is 4.89. The van der Waals surface area contributed by atoms with Gasteiger partial charge in [0, 0.05) is 38.5 Å². The number of imidazole rings is 1. The summed E-state index contributed by atoms with van der Waals surface area (Å²) >= 11 is 0. The maximum atomic E-state index is 11.8. The third-order valence-electron chi connectivity index (χ3n) is 4.89. The molecule has 2 aliphatic heterocycles. The number of aromatic amines is 1. The number of hydrogen-bond donors (Lipinski definition) is 3. The number of carbonyl (C=O) groups is 2. The molecule has 25 heavy (non-hydrogen) atoms. The van der Waals surface area contributed by atoms with Gasteiger partial charge < -0.3 is 14.8 Å². The lowest BCUT2D eigenvalue weighted by Gasteiger charge is -2.24. The molecule has 2 amide bonds. The first-order chi connectivity index (χ1) is 12.1. The molecule has 4 rings (SSSR count). The molecule has 0 fully saturated rings. The standard InChI is InChI=1S/C17H19N5O3/c1-10(23)21-6-5-14-15(9-21)19-17(18-14)22-7-11-3-2-4-12(13(11)8-22)16(24)20-25/h2-4,25H,5-9H2,1H3,(H,18,19)(H,20,24). The fourth-order valence-corrected chi connectivity index (χ4v) is 3.54. The predicted molar refractivity (Wildman–Crippen MR) is 89.0 cm³/mol. The number of benzene rings is 1. The van der Waals surface area contributed by atoms with Crippen LogP contribution in [0, 0.1) is 0 Å². The van der Waals surface area contributed by atoms with Gasteiger partial charge in [-0.25, -0.2) is 10.5 Å². The molecule has 8 nitrogen and oxygen atoms in total. The van der Waals surface area contributed by atoms with Crippen LogP contribution in [0.15, 0.2) is 18.2 Å². The van der Waals surface area contributed by atoms with Gasteiger partial charge in [-0.05, 0) is 17.2 Å². The molecule has 0 bridgehead atoms. The highest BCUT2D eigenvalue weighted by atomic mass is 16.5. The number of hydrogen-bond acceptors (Lipinski definition) is 5. The van der Waals surface area contributed by atoms with Crippen molar-refractivity contribution in [3.05, 3.63) is 46.3 Å². The maximum absolute atomic E-state index is 11.8. The molecule has 130 valence electrons. The van der Waals surface area contributed by atoms with Crippen LogP contribution < -0.4 is 10.4 Å². The van der Waals surface area contributed by atoms with Crippen molar-refractivity contribution in [3.63, 3.8) is 0 Å². The molecular weight excluding hydrogens is 322 g/mol. The van der Waals surface area contributed by atoms with Gasteiger partial charge in [-0.3, -0.25) is 14.8 Å². The first-order valence-corrected chi connectivity index (χ1v) is 8.20. The van der Waals surface area contributed by atoms with Crippen LogP contribution in [0.25, 0.3) is 0 Å². The van der Waals surface area contributed by atoms with Crippen LogP contribution in [-0.2, 0) is 30.8 Å². The fourth-order valence-electron chi connectivity index (χ4n) is 3.54. The van der Waals surface area contributed by atoms with Crippen molar-refractivity contribution in [1.82, 2.24) is 20.3 Å². The Morgan fingerprint density at radius 2 is 2.12 bits per heavy atom. The quantitative estimate of drug-likeness (QED) is 0.558. The van der Waals surface area contributed by atoms with E-state index in [0.717, 1.165) is 34.9 Å². The number of nitrogens with zero attached hydrogens (tertiary/aromatic N) is 3. The Kier molecular flexibility index (Phi) is 3.69. The van der Waals surface area contributed by atoms with E-state index in [2.05, 4.69) is 14.9 Å². The summed E-state index contributed by atoms with van der Waals surface area (Å²) in [7, 11) is 0. The number of nitrogens with one attached hydrogen (secondary N) is 2. The lowest BCUT2D eigenvalue weighted by atomic mass is 10.0. The molecule has 3 N–H and O–H groups in total. The van der Waals surface area contributed by atoms with Crippen molar-refractivity contribution < 1.29 is 14.8 Å². The van der Waals surface area contributed by atoms with E-state index >= 15 is 0 Å². The first-order valence-electron chi connectivity index (χ1n) is 8.20. The van der Waals surface area contributed by atoms with Gasteiger partial charge in [-0.15, -0.1) is 0 Å². The van der Waals surface area contributed by atoms with Crippen LogP contribution in [0.4, 0.5) is 5.95 Å². The van der Waals surface area contributed by atoms with Crippen LogP contribution in [0.2, 0.25) is 0 Å². The average Bonchev–Trinajstić information content (AvgIpc) is 3.23. The summed E-state index contributed by atoms with van der Waals surface area (Å²) in [6.07, 6.45) is 0.740. The molecule has 0 atom stereocenters. The molecule has 0 saturated carbocycles. The maximum Gasteiger partial charge on any atom is 0.274 e. The topological polar surface area (TPSA) is 102 Å². The highest BCUT2D eigenvalue weighted by Crippen LogP contribution is 2.30. The van der Waals surface area contributed by atoms with Crippen molar-refractivity contribution >= 4 is 17.8 Å². The van der Waals surface area contributed by atoms with Crippen molar-refractivity contribution in [2.45, 2.75) is 33.0 Å². The number of carbonyl (C=O) groups excluding carboxylic acids is 2. The molecule has 1 aromatic heterocycles. The summed E-state index contributed by atoms with van der Waals surface area (Å²) in [4.78, 5) is 35.3. The molecule has 0 unspecified atom stereocenters. The highest BCUT2D eigenvalue weighted by Gasteiger charge is 2.28. The number of amides is 2. The number of fused-ring (bicyclic) bond motifs is 2. The van der Waals surface area contributed by atoms with Gasteiger partial charge in [0.05, 0.1) is 17.9 Å². The number of aromatic nitrogens is 2. The Morgan fingerprint density at radius 1 is 1.28 bits per heavy atom. The summed E-state index contributed by atoms with van der Waals surface area (Å²) in [6, 6.07) is 5.49. The second-order valence-corrected chi connectivity index (χ2v) is 6.42. The van der Waals surface area contributed by atoms with E-state index in [1.165, 1.54) is 0 Å². The molecule has 1 aromatic carbocycles. The number of H-pyrrole nitrogens is 1. The zero-order chi connectivity index (χ0) is 17.6. The Bertz CT molecular complexity index is 860. The second-order valence-electron chi connectivity index (χ2n) is 6.42. The van der Waals surface area contributed by atoms with Gasteiger partial charge in [0.15, 0.2) is 0 Å². The minimum Gasteiger partial charge on any atom is -0.337 e. The summed E-state index contributed by atoms with van der Waals surface area (Å²) < 4.78 is 0. The summed E-state index contributed by atoms with van der Waals surface area (Å²) in [5.74, 6) is 0.312. The smallest absolute Gasteiger partial charge is 0.274 e. The van der Waals surface area contributed by atoms with E-state index in [1.807, 2.05) is 12.1 Å². The average molecular weight is 341 g/mol. The minimum atomic E-state index is -0.505. The van der Waals surface area contributed by atoms with Gasteiger partial charge in [-0.1, -0.05) is 12.1 Å². The van der Waals surface area contributed by atoms with E-state index < -0.39 is 5.91 Å². The van der Waals surface area contributed by atoms with Gasteiger partial charge in [0.2, 0.25) is 11.9 Å². The van der Waals surface area contributed by atoms with E-state index in [0.29, 0.717) is 31.7 Å². The number of anilines is 1. The van der Waals surface area contributed by atoms with E-state index in [4.69, 9.17) is 5.21 Å². The molecule has 2 aliphatic rings. The SMILES string of the molecule is CC(=O)N1CCc2nc(N3Cc4cccc(C(=O)NO)c4C3)[nH]c2C1. The minimum absolute atomic E-state index is 0.0648. The Morgan fingerprint density at radius 3 is 2.88 bits per heavy atom. The van der Waals surface area contributed by atoms with Crippen molar-refractivity contribution in [1.29, 1.82) is 0 Å². The molecule has 8 heteroatoms. The largest absolute Gasteiger partial charge is 0.337 e. The Balaban J connectivity index is 1.59. The second kappa shape index (κ2) is 5.89. The molecule has 0 spiro atoms. The number of rotatable bonds is 2. The molecule has 0 radical (unpaired) electrons. The third kappa shape index (κ3) is 2.64. The molecule has 3 heterocycles. The van der Waals surface area contributed by atoms with Gasteiger partial charge in [0.25, 0.3) is 5.91 Å². The summed E-state index contributed by atoms with van der Waals surface area (Å²) in [6.45, 7) is 4.00. The molecule has 0 saturated heterocycles. The van der Waals surface area contributed by atoms with Crippen LogP contribution in [0.5, 0.6) is 0 Å². The van der Waals surface area contributed by atoms with E-state index in [1.54, 1.807) is 23.4 Å². The van der Waals surface area contributed by atoms with Crippen molar-refractivity contribution in [3.8, 4) is 0 Å². The monoisotopic (exact) mass is 341 g/mol. The lowest BCUT2D eigenvalue weighted by molar-refractivity contribution is -0.129. The van der Waals surface area contributed by atoms with Crippen LogP contribution in [0.1, 0.15) is 39.8 Å². The van der Waals surface area contributed by atoms with E-state index in [9.17, 15) is 9.59 Å². The van der Waals surface area contributed by atoms with Crippen LogP contribution in [0.3, 0.4) is 0 Å². The normalized spacial score (nSPS) is 15.8. The number of hydroxylamine groups is 1. The molecule has 0 aliphatic carbocycles. The van der Waals surface area contributed by atoms with Gasteiger partial charge >= 0.3 is 0 Å². The summed E-state index contributed by atoms with van der Waals surface area (Å²) in [5.41, 5.74) is 6.09. The first kappa shape index (κ1) is 15.6. The predicted octanol–water partition coefficient (Wildman–Crippen LogP) is 0.954. The zero-order valence-electron chi connectivity index (χ0n) is 13.9. The van der Waals surface area contributed by atoms with Crippen LogP contribution >= 0.6 is 0 Å². The Labute approximate surface area is 144 Å². The molecule has 2 aromatic rings. The highest BCUT2D eigenvalue weighted by molar-refractivity contribution is 5.95. The fraction of sp³-hybridized carbons (Fsp3) is 0.353. The van der Waals surface area contributed by atoms with Crippen molar-refractivity contribution in [2.24, 2.45) is 0 Å². The van der Waals surface area contributed by atoms with Crippen LogP contribution in [-0.4, -0.2) is 38.4 Å². The molecular formula is C17H19N5O3. The van der Waals surface area contributed by atoms with Crippen molar-refractivity contribution in [2.75, 3.05) is 11.4 Å².